The number of fused-ring (bicyclic) bond motifs is 1. The molecule has 0 saturated carbocycles. The van der Waals surface area contributed by atoms with Gasteiger partial charge in [0.2, 0.25) is 10.0 Å². The number of aryl methyl sites for hydroxylation is 1. The van der Waals surface area contributed by atoms with Gasteiger partial charge in [-0.05, 0) is 67.6 Å². The molecule has 4 N–H and O–H groups in total. The number of guanidine groups is 1. The number of benzene rings is 2. The summed E-state index contributed by atoms with van der Waals surface area (Å²) in [5.74, 6) is 0.325. The highest BCUT2D eigenvalue weighted by Gasteiger charge is 2.13. The number of hydrogen-bond acceptors (Lipinski definition) is 3. The number of rotatable bonds is 5. The molecule has 0 bridgehead atoms. The van der Waals surface area contributed by atoms with E-state index in [1.807, 2.05) is 18.2 Å². The minimum atomic E-state index is -3.46. The zero-order valence-electron chi connectivity index (χ0n) is 14.8. The van der Waals surface area contributed by atoms with Crippen LogP contribution in [0.15, 0.2) is 52.4 Å². The number of anilines is 1. The van der Waals surface area contributed by atoms with E-state index in [9.17, 15) is 8.42 Å². The minimum absolute atomic E-state index is 0.219. The van der Waals surface area contributed by atoms with E-state index in [4.69, 9.17) is 5.73 Å². The zero-order chi connectivity index (χ0) is 18.6. The van der Waals surface area contributed by atoms with Gasteiger partial charge in [0, 0.05) is 5.69 Å². The second-order valence-corrected chi connectivity index (χ2v) is 8.22. The summed E-state index contributed by atoms with van der Waals surface area (Å²) in [6.07, 6.45) is 4.58. The number of sulfonamides is 1. The van der Waals surface area contributed by atoms with Gasteiger partial charge in [0.1, 0.15) is 0 Å². The van der Waals surface area contributed by atoms with Gasteiger partial charge in [0.15, 0.2) is 5.96 Å². The Morgan fingerprint density at radius 1 is 1.15 bits per heavy atom. The van der Waals surface area contributed by atoms with Crippen molar-refractivity contribution in [3.05, 3.63) is 59.2 Å². The van der Waals surface area contributed by atoms with Crippen molar-refractivity contribution < 1.29 is 8.42 Å². The average molecular weight is 372 g/mol. The third-order valence-electron chi connectivity index (χ3n) is 4.57. The van der Waals surface area contributed by atoms with Crippen LogP contribution in [0.1, 0.15) is 29.5 Å². The number of nitrogens with zero attached hydrogens (tertiary/aromatic N) is 1. The Kier molecular flexibility index (Phi) is 5.58. The Bertz CT molecular complexity index is 923. The van der Waals surface area contributed by atoms with Crippen LogP contribution in [0.3, 0.4) is 0 Å². The van der Waals surface area contributed by atoms with Crippen molar-refractivity contribution in [1.82, 2.24) is 4.72 Å². The van der Waals surface area contributed by atoms with Gasteiger partial charge in [-0.2, -0.15) is 0 Å². The van der Waals surface area contributed by atoms with E-state index >= 15 is 0 Å². The van der Waals surface area contributed by atoms with Crippen LogP contribution < -0.4 is 15.8 Å². The molecule has 26 heavy (non-hydrogen) atoms. The van der Waals surface area contributed by atoms with Crippen LogP contribution in [0.25, 0.3) is 0 Å². The van der Waals surface area contributed by atoms with Crippen molar-refractivity contribution in [3.8, 4) is 0 Å². The molecule has 0 spiro atoms. The first-order chi connectivity index (χ1) is 12.5. The van der Waals surface area contributed by atoms with Gasteiger partial charge in [-0.25, -0.2) is 18.1 Å². The van der Waals surface area contributed by atoms with Gasteiger partial charge in [-0.1, -0.05) is 24.3 Å². The van der Waals surface area contributed by atoms with E-state index in [0.29, 0.717) is 12.5 Å². The fourth-order valence-corrected chi connectivity index (χ4v) is 3.98. The first kappa shape index (κ1) is 18.4. The van der Waals surface area contributed by atoms with Crippen molar-refractivity contribution in [2.24, 2.45) is 10.7 Å². The lowest BCUT2D eigenvalue weighted by Crippen LogP contribution is -2.24. The maximum absolute atomic E-state index is 11.9. The lowest BCUT2D eigenvalue weighted by molar-refractivity contribution is 0.588. The van der Waals surface area contributed by atoms with Crippen LogP contribution >= 0.6 is 0 Å². The number of nitrogens with one attached hydrogen (secondary N) is 2. The van der Waals surface area contributed by atoms with E-state index in [1.165, 1.54) is 31.0 Å². The molecule has 138 valence electrons. The summed E-state index contributed by atoms with van der Waals surface area (Å²) < 4.78 is 26.1. The van der Waals surface area contributed by atoms with E-state index in [2.05, 4.69) is 21.1 Å². The summed E-state index contributed by atoms with van der Waals surface area (Å²) in [5, 5.41) is 3.19. The Morgan fingerprint density at radius 2 is 1.92 bits per heavy atom. The molecular weight excluding hydrogens is 348 g/mol. The summed E-state index contributed by atoms with van der Waals surface area (Å²) in [6.45, 7) is 0.306. The molecule has 6 nitrogen and oxygen atoms in total. The average Bonchev–Trinajstić information content (AvgIpc) is 2.67. The molecule has 2 aromatic rings. The van der Waals surface area contributed by atoms with Gasteiger partial charge >= 0.3 is 0 Å². The van der Waals surface area contributed by atoms with Gasteiger partial charge in [0.05, 0.1) is 11.4 Å². The summed E-state index contributed by atoms with van der Waals surface area (Å²) in [4.78, 5) is 4.57. The molecule has 2 aromatic carbocycles. The molecule has 0 heterocycles. The smallest absolute Gasteiger partial charge is 0.240 e. The van der Waals surface area contributed by atoms with Crippen molar-refractivity contribution >= 4 is 21.7 Å². The second-order valence-electron chi connectivity index (χ2n) is 6.33. The fraction of sp³-hybridized carbons (Fsp3) is 0.316. The van der Waals surface area contributed by atoms with Gasteiger partial charge in [0.25, 0.3) is 0 Å². The first-order valence-electron chi connectivity index (χ1n) is 8.70. The highest BCUT2D eigenvalue weighted by Crippen LogP contribution is 2.27. The summed E-state index contributed by atoms with van der Waals surface area (Å²) in [7, 11) is -2.07. The van der Waals surface area contributed by atoms with Crippen LogP contribution in [0, 0.1) is 0 Å². The lowest BCUT2D eigenvalue weighted by Gasteiger charge is -2.19. The molecule has 1 aliphatic rings. The van der Waals surface area contributed by atoms with Crippen LogP contribution in [0.2, 0.25) is 0 Å². The maximum atomic E-state index is 11.9. The van der Waals surface area contributed by atoms with Crippen molar-refractivity contribution in [3.63, 3.8) is 0 Å². The topological polar surface area (TPSA) is 96.6 Å². The molecule has 0 radical (unpaired) electrons. The zero-order valence-corrected chi connectivity index (χ0v) is 15.6. The third-order valence-corrected chi connectivity index (χ3v) is 5.98. The van der Waals surface area contributed by atoms with Crippen LogP contribution in [-0.2, 0) is 29.4 Å². The predicted molar refractivity (Wildman–Crippen MR) is 105 cm³/mol. The van der Waals surface area contributed by atoms with Gasteiger partial charge in [-0.3, -0.25) is 0 Å². The SMILES string of the molecule is CNS(=O)(=O)c1cccc(CN=C(N)Nc2cccc3c2CCCC3)c1. The van der Waals surface area contributed by atoms with Crippen molar-refractivity contribution in [1.29, 1.82) is 0 Å². The van der Waals surface area contributed by atoms with Crippen LogP contribution in [-0.4, -0.2) is 21.4 Å². The summed E-state index contributed by atoms with van der Waals surface area (Å²) >= 11 is 0. The monoisotopic (exact) mass is 372 g/mol. The molecule has 0 atom stereocenters. The molecule has 0 saturated heterocycles. The van der Waals surface area contributed by atoms with Gasteiger partial charge < -0.3 is 11.1 Å². The Morgan fingerprint density at radius 3 is 2.73 bits per heavy atom. The quantitative estimate of drug-likeness (QED) is 0.555. The fourth-order valence-electron chi connectivity index (χ4n) is 3.18. The van der Waals surface area contributed by atoms with Crippen LogP contribution in [0.4, 0.5) is 5.69 Å². The summed E-state index contributed by atoms with van der Waals surface area (Å²) in [6, 6.07) is 12.9. The standard InChI is InChI=1S/C19H24N4O2S/c1-21-26(24,25)16-9-4-6-14(12-16)13-22-19(20)23-18-11-5-8-15-7-2-3-10-17(15)18/h4-6,8-9,11-12,21H,2-3,7,10,13H2,1H3,(H3,20,22,23). The Balaban J connectivity index is 1.73. The number of nitrogens with two attached hydrogens (primary N) is 1. The van der Waals surface area contributed by atoms with Gasteiger partial charge in [-0.15, -0.1) is 0 Å². The molecule has 0 unspecified atom stereocenters. The molecule has 0 aliphatic heterocycles. The molecule has 3 rings (SSSR count). The molecular formula is C19H24N4O2S. The molecule has 0 fully saturated rings. The largest absolute Gasteiger partial charge is 0.370 e. The molecule has 0 amide bonds. The maximum Gasteiger partial charge on any atom is 0.240 e. The highest BCUT2D eigenvalue weighted by molar-refractivity contribution is 7.89. The van der Waals surface area contributed by atoms with E-state index in [1.54, 1.807) is 18.2 Å². The number of aliphatic imine (C=N–C) groups is 1. The highest BCUT2D eigenvalue weighted by atomic mass is 32.2. The first-order valence-corrected chi connectivity index (χ1v) is 10.2. The van der Waals surface area contributed by atoms with Crippen molar-refractivity contribution in [2.75, 3.05) is 12.4 Å². The van der Waals surface area contributed by atoms with E-state index in [0.717, 1.165) is 24.1 Å². The van der Waals surface area contributed by atoms with E-state index < -0.39 is 10.0 Å². The Labute approximate surface area is 154 Å². The predicted octanol–water partition coefficient (Wildman–Crippen LogP) is 2.40. The molecule has 0 aromatic heterocycles. The lowest BCUT2D eigenvalue weighted by atomic mass is 9.90. The van der Waals surface area contributed by atoms with Crippen molar-refractivity contribution in [2.45, 2.75) is 37.1 Å². The molecule has 1 aliphatic carbocycles. The minimum Gasteiger partial charge on any atom is -0.370 e. The molecule has 7 heteroatoms. The third kappa shape index (κ3) is 4.23. The second kappa shape index (κ2) is 7.88. The van der Waals surface area contributed by atoms with E-state index in [-0.39, 0.29) is 4.90 Å². The Hall–Kier alpha value is -2.38. The normalized spacial score (nSPS) is 14.7. The van der Waals surface area contributed by atoms with Crippen LogP contribution in [0.5, 0.6) is 0 Å². The number of hydrogen-bond donors (Lipinski definition) is 3. The summed E-state index contributed by atoms with van der Waals surface area (Å²) in [5.41, 5.74) is 10.5.